The SMILES string of the molecule is O=C(Cc1ccc2c(c1)CCC2)NNC(=O)C(=O)NCc1ccco1. The fourth-order valence-electron chi connectivity index (χ4n) is 2.81. The highest BCUT2D eigenvalue weighted by Crippen LogP contribution is 2.22. The monoisotopic (exact) mass is 341 g/mol. The molecule has 3 amide bonds. The van der Waals surface area contributed by atoms with Gasteiger partial charge >= 0.3 is 11.8 Å². The molecular formula is C18H19N3O4. The Morgan fingerprint density at radius 2 is 1.84 bits per heavy atom. The van der Waals surface area contributed by atoms with Gasteiger partial charge in [0, 0.05) is 0 Å². The standard InChI is InChI=1S/C18H19N3O4/c22-16(10-12-6-7-13-3-1-4-14(13)9-12)20-21-18(24)17(23)19-11-15-5-2-8-25-15/h2,5-9H,1,3-4,10-11H2,(H,19,23)(H,20,22)(H,21,24). The number of fused-ring (bicyclic) bond motifs is 1. The minimum atomic E-state index is -0.936. The molecular weight excluding hydrogens is 322 g/mol. The number of carbonyl (C=O) groups is 3. The molecule has 130 valence electrons. The topological polar surface area (TPSA) is 100 Å². The lowest BCUT2D eigenvalue weighted by Crippen LogP contribution is -2.48. The van der Waals surface area contributed by atoms with E-state index in [-0.39, 0.29) is 18.9 Å². The van der Waals surface area contributed by atoms with E-state index in [1.54, 1.807) is 12.1 Å². The normalized spacial score (nSPS) is 12.3. The van der Waals surface area contributed by atoms with Crippen molar-refractivity contribution in [3.8, 4) is 0 Å². The molecule has 3 N–H and O–H groups in total. The van der Waals surface area contributed by atoms with Crippen molar-refractivity contribution in [1.29, 1.82) is 0 Å². The van der Waals surface area contributed by atoms with Crippen molar-refractivity contribution < 1.29 is 18.8 Å². The van der Waals surface area contributed by atoms with Crippen LogP contribution in [-0.4, -0.2) is 17.7 Å². The summed E-state index contributed by atoms with van der Waals surface area (Å²) < 4.78 is 5.04. The van der Waals surface area contributed by atoms with E-state index in [1.165, 1.54) is 17.4 Å². The maximum Gasteiger partial charge on any atom is 0.327 e. The van der Waals surface area contributed by atoms with Gasteiger partial charge in [-0.3, -0.25) is 25.2 Å². The molecule has 7 heteroatoms. The van der Waals surface area contributed by atoms with Crippen molar-refractivity contribution >= 4 is 17.7 Å². The molecule has 0 unspecified atom stereocenters. The molecule has 0 fully saturated rings. The summed E-state index contributed by atoms with van der Waals surface area (Å²) in [6.07, 6.45) is 4.89. The fraction of sp³-hybridized carbons (Fsp3) is 0.278. The van der Waals surface area contributed by atoms with Crippen LogP contribution in [0, 0.1) is 0 Å². The van der Waals surface area contributed by atoms with Crippen LogP contribution >= 0.6 is 0 Å². The van der Waals surface area contributed by atoms with E-state index in [2.05, 4.69) is 16.2 Å². The maximum absolute atomic E-state index is 11.9. The molecule has 1 aliphatic carbocycles. The molecule has 7 nitrogen and oxygen atoms in total. The Morgan fingerprint density at radius 1 is 1.00 bits per heavy atom. The van der Waals surface area contributed by atoms with Crippen molar-refractivity contribution in [2.45, 2.75) is 32.2 Å². The molecule has 0 radical (unpaired) electrons. The highest BCUT2D eigenvalue weighted by molar-refractivity contribution is 6.35. The summed E-state index contributed by atoms with van der Waals surface area (Å²) in [6.45, 7) is 0.0995. The summed E-state index contributed by atoms with van der Waals surface area (Å²) in [5, 5.41) is 2.39. The van der Waals surface area contributed by atoms with Gasteiger partial charge in [-0.15, -0.1) is 0 Å². The average molecular weight is 341 g/mol. The molecule has 25 heavy (non-hydrogen) atoms. The van der Waals surface area contributed by atoms with E-state index < -0.39 is 11.8 Å². The Balaban J connectivity index is 1.42. The summed E-state index contributed by atoms with van der Waals surface area (Å²) >= 11 is 0. The Morgan fingerprint density at radius 3 is 2.64 bits per heavy atom. The van der Waals surface area contributed by atoms with Crippen LogP contribution in [0.25, 0.3) is 0 Å². The third-order valence-electron chi connectivity index (χ3n) is 4.05. The van der Waals surface area contributed by atoms with E-state index >= 15 is 0 Å². The number of aryl methyl sites for hydroxylation is 2. The number of amides is 3. The van der Waals surface area contributed by atoms with Crippen molar-refractivity contribution in [2.75, 3.05) is 0 Å². The second-order valence-electron chi connectivity index (χ2n) is 5.90. The van der Waals surface area contributed by atoms with Crippen LogP contribution in [0.15, 0.2) is 41.0 Å². The molecule has 1 aromatic carbocycles. The first-order valence-electron chi connectivity index (χ1n) is 8.12. The Kier molecular flexibility index (Phi) is 5.13. The first-order chi connectivity index (χ1) is 12.1. The number of nitrogens with one attached hydrogen (secondary N) is 3. The third kappa shape index (κ3) is 4.47. The number of benzene rings is 1. The highest BCUT2D eigenvalue weighted by atomic mass is 16.3. The third-order valence-corrected chi connectivity index (χ3v) is 4.05. The average Bonchev–Trinajstić information content (AvgIpc) is 3.28. The number of furan rings is 1. The van der Waals surface area contributed by atoms with E-state index in [1.807, 2.05) is 18.2 Å². The van der Waals surface area contributed by atoms with Crippen LogP contribution in [0.3, 0.4) is 0 Å². The molecule has 0 spiro atoms. The van der Waals surface area contributed by atoms with Gasteiger partial charge in [-0.05, 0) is 48.1 Å². The Hall–Kier alpha value is -3.09. The van der Waals surface area contributed by atoms with Crippen LogP contribution in [0.1, 0.15) is 28.9 Å². The van der Waals surface area contributed by atoms with Gasteiger partial charge < -0.3 is 9.73 Å². The fourth-order valence-corrected chi connectivity index (χ4v) is 2.81. The summed E-state index contributed by atoms with van der Waals surface area (Å²) in [5.41, 5.74) is 7.86. The molecule has 1 aromatic heterocycles. The zero-order valence-corrected chi connectivity index (χ0v) is 13.6. The highest BCUT2D eigenvalue weighted by Gasteiger charge is 2.15. The maximum atomic E-state index is 11.9. The van der Waals surface area contributed by atoms with E-state index in [9.17, 15) is 14.4 Å². The van der Waals surface area contributed by atoms with Crippen LogP contribution in [0.5, 0.6) is 0 Å². The zero-order valence-electron chi connectivity index (χ0n) is 13.6. The molecule has 0 aliphatic heterocycles. The second kappa shape index (κ2) is 7.65. The van der Waals surface area contributed by atoms with Gasteiger partial charge in [0.05, 0.1) is 19.2 Å². The van der Waals surface area contributed by atoms with E-state index in [4.69, 9.17) is 4.42 Å². The Labute approximate surface area is 144 Å². The summed E-state index contributed by atoms with van der Waals surface area (Å²) in [5.74, 6) is -1.64. The predicted octanol–water partition coefficient (Wildman–Crippen LogP) is 0.775. The lowest BCUT2D eigenvalue weighted by atomic mass is 10.0. The number of carbonyl (C=O) groups excluding carboxylic acids is 3. The van der Waals surface area contributed by atoms with Crippen molar-refractivity contribution in [1.82, 2.24) is 16.2 Å². The first-order valence-corrected chi connectivity index (χ1v) is 8.12. The molecule has 0 saturated carbocycles. The van der Waals surface area contributed by atoms with Crippen molar-refractivity contribution in [3.63, 3.8) is 0 Å². The minimum Gasteiger partial charge on any atom is -0.467 e. The van der Waals surface area contributed by atoms with Crippen LogP contribution in [0.4, 0.5) is 0 Å². The molecule has 1 heterocycles. The number of hydrogen-bond acceptors (Lipinski definition) is 4. The number of rotatable bonds is 4. The van der Waals surface area contributed by atoms with Crippen LogP contribution in [-0.2, 0) is 40.2 Å². The van der Waals surface area contributed by atoms with Crippen molar-refractivity contribution in [2.24, 2.45) is 0 Å². The quantitative estimate of drug-likeness (QED) is 0.565. The zero-order chi connectivity index (χ0) is 17.6. The Bertz CT molecular complexity index is 784. The van der Waals surface area contributed by atoms with Crippen LogP contribution < -0.4 is 16.2 Å². The van der Waals surface area contributed by atoms with Crippen molar-refractivity contribution in [3.05, 3.63) is 59.0 Å². The van der Waals surface area contributed by atoms with Gasteiger partial charge in [-0.2, -0.15) is 0 Å². The number of hydrogen-bond donors (Lipinski definition) is 3. The summed E-state index contributed by atoms with van der Waals surface area (Å²) in [7, 11) is 0. The molecule has 1 aliphatic rings. The van der Waals surface area contributed by atoms with Gasteiger partial charge in [0.2, 0.25) is 5.91 Å². The lowest BCUT2D eigenvalue weighted by molar-refractivity contribution is -0.141. The van der Waals surface area contributed by atoms with E-state index in [0.717, 1.165) is 24.8 Å². The van der Waals surface area contributed by atoms with Gasteiger partial charge in [0.25, 0.3) is 0 Å². The lowest BCUT2D eigenvalue weighted by Gasteiger charge is -2.08. The van der Waals surface area contributed by atoms with Gasteiger partial charge in [-0.25, -0.2) is 0 Å². The summed E-state index contributed by atoms with van der Waals surface area (Å²) in [6, 6.07) is 9.35. The molecule has 0 bridgehead atoms. The largest absolute Gasteiger partial charge is 0.467 e. The molecule has 0 saturated heterocycles. The first kappa shape index (κ1) is 16.8. The van der Waals surface area contributed by atoms with Gasteiger partial charge in [-0.1, -0.05) is 18.2 Å². The predicted molar refractivity (Wildman–Crippen MR) is 89.0 cm³/mol. The van der Waals surface area contributed by atoms with E-state index in [0.29, 0.717) is 5.76 Å². The summed E-state index contributed by atoms with van der Waals surface area (Å²) in [4.78, 5) is 35.2. The van der Waals surface area contributed by atoms with Crippen LogP contribution in [0.2, 0.25) is 0 Å². The van der Waals surface area contributed by atoms with Gasteiger partial charge in [0.1, 0.15) is 5.76 Å². The molecule has 3 rings (SSSR count). The number of hydrazine groups is 1. The minimum absolute atomic E-state index is 0.0995. The second-order valence-corrected chi connectivity index (χ2v) is 5.90. The molecule has 0 atom stereocenters. The van der Waals surface area contributed by atoms with Gasteiger partial charge in [0.15, 0.2) is 0 Å². The molecule has 2 aromatic rings. The smallest absolute Gasteiger partial charge is 0.327 e.